The predicted molar refractivity (Wildman–Crippen MR) is 75.3 cm³/mol. The lowest BCUT2D eigenvalue weighted by Crippen LogP contribution is -2.38. The van der Waals surface area contributed by atoms with Crippen LogP contribution in [0.5, 0.6) is 0 Å². The SMILES string of the molecule is Cc1noc(C)c1S(=O)(=O)N1CCC(c2ncc[nH]2)CC1. The maximum Gasteiger partial charge on any atom is 0.248 e. The largest absolute Gasteiger partial charge is 0.360 e. The van der Waals surface area contributed by atoms with Gasteiger partial charge in [0.25, 0.3) is 0 Å². The third-order valence-corrected chi connectivity index (χ3v) is 6.07. The molecule has 7 nitrogen and oxygen atoms in total. The summed E-state index contributed by atoms with van der Waals surface area (Å²) < 4.78 is 31.9. The minimum atomic E-state index is -3.53. The first-order valence-corrected chi connectivity index (χ1v) is 8.36. The Morgan fingerprint density at radius 2 is 2.05 bits per heavy atom. The molecule has 21 heavy (non-hydrogen) atoms. The van der Waals surface area contributed by atoms with Gasteiger partial charge in [0.1, 0.15) is 16.4 Å². The molecule has 0 aromatic carbocycles. The lowest BCUT2D eigenvalue weighted by atomic mass is 9.98. The summed E-state index contributed by atoms with van der Waals surface area (Å²) in [6, 6.07) is 0. The van der Waals surface area contributed by atoms with Crippen molar-refractivity contribution in [3.05, 3.63) is 29.7 Å². The van der Waals surface area contributed by atoms with Crippen molar-refractivity contribution in [1.82, 2.24) is 19.4 Å². The van der Waals surface area contributed by atoms with E-state index in [0.29, 0.717) is 24.5 Å². The van der Waals surface area contributed by atoms with Crippen LogP contribution in [0.1, 0.15) is 36.0 Å². The number of aryl methyl sites for hydroxylation is 2. The first kappa shape index (κ1) is 14.3. The number of imidazole rings is 1. The summed E-state index contributed by atoms with van der Waals surface area (Å²) in [6.45, 7) is 4.25. The molecule has 1 fully saturated rings. The van der Waals surface area contributed by atoms with E-state index >= 15 is 0 Å². The Morgan fingerprint density at radius 1 is 1.33 bits per heavy atom. The topological polar surface area (TPSA) is 92.1 Å². The molecule has 114 valence electrons. The minimum absolute atomic E-state index is 0.207. The fraction of sp³-hybridized carbons (Fsp3) is 0.538. The van der Waals surface area contributed by atoms with Crippen LogP contribution in [0.15, 0.2) is 21.8 Å². The second-order valence-electron chi connectivity index (χ2n) is 5.31. The molecule has 1 aliphatic rings. The molecule has 2 aromatic rings. The average molecular weight is 310 g/mol. The van der Waals surface area contributed by atoms with Crippen molar-refractivity contribution < 1.29 is 12.9 Å². The van der Waals surface area contributed by atoms with E-state index in [1.165, 1.54) is 4.31 Å². The maximum absolute atomic E-state index is 12.7. The summed E-state index contributed by atoms with van der Waals surface area (Å²) >= 11 is 0. The van der Waals surface area contributed by atoms with Gasteiger partial charge in [-0.2, -0.15) is 4.31 Å². The highest BCUT2D eigenvalue weighted by molar-refractivity contribution is 7.89. The molecule has 1 N–H and O–H groups in total. The molecule has 3 rings (SSSR count). The zero-order valence-corrected chi connectivity index (χ0v) is 12.9. The van der Waals surface area contributed by atoms with Crippen molar-refractivity contribution in [1.29, 1.82) is 0 Å². The highest BCUT2D eigenvalue weighted by Crippen LogP contribution is 2.30. The van der Waals surface area contributed by atoms with E-state index in [1.54, 1.807) is 26.2 Å². The van der Waals surface area contributed by atoms with Crippen molar-refractivity contribution in [3.8, 4) is 0 Å². The Hall–Kier alpha value is -1.67. The van der Waals surface area contributed by atoms with Gasteiger partial charge in [-0.05, 0) is 26.7 Å². The van der Waals surface area contributed by atoms with Gasteiger partial charge in [0, 0.05) is 31.4 Å². The summed E-state index contributed by atoms with van der Waals surface area (Å²) in [5.41, 5.74) is 0.417. The molecule has 1 aliphatic heterocycles. The van der Waals surface area contributed by atoms with Gasteiger partial charge in [-0.15, -0.1) is 0 Å². The molecular weight excluding hydrogens is 292 g/mol. The number of hydrogen-bond acceptors (Lipinski definition) is 5. The van der Waals surface area contributed by atoms with E-state index in [9.17, 15) is 8.42 Å². The standard InChI is InChI=1S/C13H18N4O3S/c1-9-12(10(2)20-16-9)21(18,19)17-7-3-11(4-8-17)13-14-5-6-15-13/h5-6,11H,3-4,7-8H2,1-2H3,(H,14,15). The lowest BCUT2D eigenvalue weighted by molar-refractivity contribution is 0.313. The van der Waals surface area contributed by atoms with Crippen LogP contribution in [0, 0.1) is 13.8 Å². The van der Waals surface area contributed by atoms with Crippen LogP contribution in [0.4, 0.5) is 0 Å². The van der Waals surface area contributed by atoms with Crippen LogP contribution in [0.3, 0.4) is 0 Å². The Bertz CT molecular complexity index is 693. The Morgan fingerprint density at radius 3 is 2.57 bits per heavy atom. The van der Waals surface area contributed by atoms with E-state index in [0.717, 1.165) is 18.7 Å². The molecule has 0 unspecified atom stereocenters. The number of nitrogens with zero attached hydrogens (tertiary/aromatic N) is 3. The number of H-pyrrole nitrogens is 1. The van der Waals surface area contributed by atoms with E-state index in [-0.39, 0.29) is 10.8 Å². The van der Waals surface area contributed by atoms with Gasteiger partial charge in [-0.25, -0.2) is 13.4 Å². The van der Waals surface area contributed by atoms with Crippen LogP contribution in [0.25, 0.3) is 0 Å². The molecule has 8 heteroatoms. The Labute approximate surface area is 123 Å². The van der Waals surface area contributed by atoms with E-state index in [1.807, 2.05) is 0 Å². The number of rotatable bonds is 3. The van der Waals surface area contributed by atoms with Crippen molar-refractivity contribution in [3.63, 3.8) is 0 Å². The third-order valence-electron chi connectivity index (χ3n) is 3.93. The molecule has 0 atom stereocenters. The summed E-state index contributed by atoms with van der Waals surface area (Å²) in [5, 5.41) is 3.74. The van der Waals surface area contributed by atoms with Gasteiger partial charge in [0.2, 0.25) is 10.0 Å². The second-order valence-corrected chi connectivity index (χ2v) is 7.18. The number of aromatic nitrogens is 3. The van der Waals surface area contributed by atoms with Gasteiger partial charge in [-0.3, -0.25) is 0 Å². The number of sulfonamides is 1. The molecular formula is C13H18N4O3S. The Kier molecular flexibility index (Phi) is 3.58. The van der Waals surface area contributed by atoms with Gasteiger partial charge in [-0.1, -0.05) is 5.16 Å². The fourth-order valence-corrected chi connectivity index (χ4v) is 4.60. The fourth-order valence-electron chi connectivity index (χ4n) is 2.84. The smallest absolute Gasteiger partial charge is 0.248 e. The molecule has 2 aromatic heterocycles. The highest BCUT2D eigenvalue weighted by Gasteiger charge is 2.34. The predicted octanol–water partition coefficient (Wildman–Crippen LogP) is 1.58. The minimum Gasteiger partial charge on any atom is -0.360 e. The zero-order valence-electron chi connectivity index (χ0n) is 12.0. The van der Waals surface area contributed by atoms with Crippen molar-refractivity contribution >= 4 is 10.0 Å². The molecule has 0 amide bonds. The second kappa shape index (κ2) is 5.27. The summed E-state index contributed by atoms with van der Waals surface area (Å²) in [7, 11) is -3.53. The zero-order chi connectivity index (χ0) is 15.0. The number of piperidine rings is 1. The molecule has 3 heterocycles. The lowest BCUT2D eigenvalue weighted by Gasteiger charge is -2.30. The van der Waals surface area contributed by atoms with E-state index in [2.05, 4.69) is 15.1 Å². The summed E-state index contributed by atoms with van der Waals surface area (Å²) in [5.74, 6) is 1.57. The monoisotopic (exact) mass is 310 g/mol. The number of aromatic amines is 1. The molecule has 0 bridgehead atoms. The normalized spacial score (nSPS) is 18.2. The summed E-state index contributed by atoms with van der Waals surface area (Å²) in [4.78, 5) is 7.57. The highest BCUT2D eigenvalue weighted by atomic mass is 32.2. The molecule has 0 radical (unpaired) electrons. The first-order chi connectivity index (χ1) is 10.00. The van der Waals surface area contributed by atoms with Gasteiger partial charge in [0.15, 0.2) is 5.76 Å². The van der Waals surface area contributed by atoms with Gasteiger partial charge >= 0.3 is 0 Å². The van der Waals surface area contributed by atoms with Crippen molar-refractivity contribution in [2.24, 2.45) is 0 Å². The average Bonchev–Trinajstić information content (AvgIpc) is 3.09. The van der Waals surface area contributed by atoms with E-state index in [4.69, 9.17) is 4.52 Å². The Balaban J connectivity index is 1.77. The van der Waals surface area contributed by atoms with Crippen LogP contribution in [-0.2, 0) is 10.0 Å². The van der Waals surface area contributed by atoms with Crippen molar-refractivity contribution in [2.45, 2.75) is 37.5 Å². The van der Waals surface area contributed by atoms with Crippen LogP contribution in [0.2, 0.25) is 0 Å². The molecule has 0 saturated carbocycles. The van der Waals surface area contributed by atoms with E-state index < -0.39 is 10.0 Å². The number of nitrogens with one attached hydrogen (secondary N) is 1. The van der Waals surface area contributed by atoms with Gasteiger partial charge < -0.3 is 9.51 Å². The molecule has 0 spiro atoms. The number of hydrogen-bond donors (Lipinski definition) is 1. The maximum atomic E-state index is 12.7. The first-order valence-electron chi connectivity index (χ1n) is 6.92. The van der Waals surface area contributed by atoms with Crippen LogP contribution in [-0.4, -0.2) is 40.9 Å². The summed E-state index contributed by atoms with van der Waals surface area (Å²) in [6.07, 6.45) is 5.04. The van der Waals surface area contributed by atoms with Gasteiger partial charge in [0.05, 0.1) is 0 Å². The molecule has 0 aliphatic carbocycles. The van der Waals surface area contributed by atoms with Crippen LogP contribution < -0.4 is 0 Å². The molecule has 1 saturated heterocycles. The van der Waals surface area contributed by atoms with Crippen molar-refractivity contribution in [2.75, 3.05) is 13.1 Å². The van der Waals surface area contributed by atoms with Crippen LogP contribution >= 0.6 is 0 Å². The quantitative estimate of drug-likeness (QED) is 0.929. The third kappa shape index (κ3) is 2.49.